The molecule has 5 aromatic rings. The van der Waals surface area contributed by atoms with Gasteiger partial charge >= 0.3 is 0 Å². The van der Waals surface area contributed by atoms with Gasteiger partial charge in [-0.25, -0.2) is 4.68 Å². The van der Waals surface area contributed by atoms with Gasteiger partial charge in [-0.15, -0.1) is 0 Å². The summed E-state index contributed by atoms with van der Waals surface area (Å²) in [6.07, 6.45) is 1.80. The minimum absolute atomic E-state index is 0.00253. The number of hydrogen-bond donors (Lipinski definition) is 1. The Kier molecular flexibility index (Phi) is 6.56. The summed E-state index contributed by atoms with van der Waals surface area (Å²) in [5.41, 5.74) is 2.17. The molecule has 0 bridgehead atoms. The van der Waals surface area contributed by atoms with Crippen LogP contribution in [-0.4, -0.2) is 31.6 Å². The topological polar surface area (TPSA) is 72.4 Å². The van der Waals surface area contributed by atoms with E-state index < -0.39 is 6.04 Å². The average molecular weight is 493 g/mol. The van der Waals surface area contributed by atoms with E-state index >= 15 is 0 Å². The third-order valence-electron chi connectivity index (χ3n) is 6.14. The SMILES string of the molecule is Cc1nn([C@H](CC(=O)c2ccccc2)c2ccccc2)c(=S)n1/N=C/c1c(O)ccc2ccccc12. The molecule has 1 aromatic heterocycles. The van der Waals surface area contributed by atoms with Crippen LogP contribution in [0.25, 0.3) is 10.8 Å². The average Bonchev–Trinajstić information content (AvgIpc) is 3.20. The highest BCUT2D eigenvalue weighted by Crippen LogP contribution is 2.27. The van der Waals surface area contributed by atoms with Crippen molar-refractivity contribution in [2.24, 2.45) is 5.10 Å². The van der Waals surface area contributed by atoms with Crippen LogP contribution in [0.2, 0.25) is 0 Å². The van der Waals surface area contributed by atoms with Gasteiger partial charge in [-0.05, 0) is 41.5 Å². The third kappa shape index (κ3) is 4.61. The highest BCUT2D eigenvalue weighted by atomic mass is 32.1. The molecule has 1 heterocycles. The number of ketones is 1. The van der Waals surface area contributed by atoms with Crippen LogP contribution >= 0.6 is 12.2 Å². The van der Waals surface area contributed by atoms with Crippen LogP contribution in [0.3, 0.4) is 0 Å². The van der Waals surface area contributed by atoms with E-state index in [-0.39, 0.29) is 18.0 Å². The van der Waals surface area contributed by atoms with Crippen molar-refractivity contribution in [2.45, 2.75) is 19.4 Å². The first-order valence-corrected chi connectivity index (χ1v) is 12.0. The molecule has 6 nitrogen and oxygen atoms in total. The largest absolute Gasteiger partial charge is 0.507 e. The minimum Gasteiger partial charge on any atom is -0.507 e. The number of fused-ring (bicyclic) bond motifs is 1. The normalized spacial score (nSPS) is 12.2. The monoisotopic (exact) mass is 492 g/mol. The molecule has 4 aromatic carbocycles. The number of rotatable bonds is 7. The number of aromatic nitrogens is 3. The molecule has 1 atom stereocenters. The van der Waals surface area contributed by atoms with Crippen LogP contribution < -0.4 is 0 Å². The molecular weight excluding hydrogens is 468 g/mol. The summed E-state index contributed by atoms with van der Waals surface area (Å²) < 4.78 is 3.60. The Morgan fingerprint density at radius 1 is 0.972 bits per heavy atom. The van der Waals surface area contributed by atoms with Crippen molar-refractivity contribution in [1.29, 1.82) is 0 Å². The second kappa shape index (κ2) is 10.1. The van der Waals surface area contributed by atoms with Gasteiger partial charge in [0.1, 0.15) is 5.75 Å². The van der Waals surface area contributed by atoms with Gasteiger partial charge in [-0.3, -0.25) is 4.79 Å². The lowest BCUT2D eigenvalue weighted by atomic mass is 9.98. The fourth-order valence-corrected chi connectivity index (χ4v) is 4.63. The van der Waals surface area contributed by atoms with E-state index in [4.69, 9.17) is 12.2 Å². The zero-order valence-corrected chi connectivity index (χ0v) is 20.5. The lowest BCUT2D eigenvalue weighted by Crippen LogP contribution is -2.17. The fraction of sp³-hybridized carbons (Fsp3) is 0.103. The molecule has 0 aliphatic carbocycles. The number of aromatic hydroxyl groups is 1. The highest BCUT2D eigenvalue weighted by molar-refractivity contribution is 7.71. The van der Waals surface area contributed by atoms with E-state index in [0.717, 1.165) is 16.3 Å². The summed E-state index contributed by atoms with van der Waals surface area (Å²) in [7, 11) is 0. The molecule has 0 saturated heterocycles. The first-order chi connectivity index (χ1) is 17.5. The quantitative estimate of drug-likeness (QED) is 0.164. The van der Waals surface area contributed by atoms with Crippen LogP contribution in [0.4, 0.5) is 0 Å². The summed E-state index contributed by atoms with van der Waals surface area (Å²) in [6, 6.07) is 29.9. The molecule has 7 heteroatoms. The Bertz CT molecular complexity index is 1620. The predicted molar refractivity (Wildman–Crippen MR) is 144 cm³/mol. The van der Waals surface area contributed by atoms with Crippen LogP contribution in [0.1, 0.15) is 39.8 Å². The minimum atomic E-state index is -0.396. The number of carbonyl (C=O) groups is 1. The summed E-state index contributed by atoms with van der Waals surface area (Å²) in [6.45, 7) is 1.81. The third-order valence-corrected chi connectivity index (χ3v) is 6.50. The van der Waals surface area contributed by atoms with Crippen molar-refractivity contribution in [1.82, 2.24) is 14.5 Å². The zero-order chi connectivity index (χ0) is 25.1. The molecule has 0 aliphatic heterocycles. The summed E-state index contributed by atoms with van der Waals surface area (Å²) in [4.78, 5) is 13.1. The molecule has 0 radical (unpaired) electrons. The Hall–Kier alpha value is -4.36. The molecule has 0 unspecified atom stereocenters. The van der Waals surface area contributed by atoms with E-state index in [1.807, 2.05) is 97.9 Å². The molecular formula is C29H24N4O2S. The van der Waals surface area contributed by atoms with Crippen LogP contribution in [0, 0.1) is 11.7 Å². The maximum absolute atomic E-state index is 13.1. The molecule has 36 heavy (non-hydrogen) atoms. The molecule has 0 saturated carbocycles. The molecule has 1 N–H and O–H groups in total. The second-order valence-electron chi connectivity index (χ2n) is 8.47. The number of hydrogen-bond acceptors (Lipinski definition) is 5. The molecule has 0 fully saturated rings. The van der Waals surface area contributed by atoms with Crippen molar-refractivity contribution in [3.05, 3.63) is 124 Å². The number of carbonyl (C=O) groups excluding carboxylic acids is 1. The maximum Gasteiger partial charge on any atom is 0.219 e. The Labute approximate surface area is 213 Å². The van der Waals surface area contributed by atoms with Gasteiger partial charge in [0.15, 0.2) is 11.6 Å². The zero-order valence-electron chi connectivity index (χ0n) is 19.7. The van der Waals surface area contributed by atoms with Gasteiger partial charge in [0, 0.05) is 17.5 Å². The Morgan fingerprint density at radius 2 is 1.64 bits per heavy atom. The van der Waals surface area contributed by atoms with Gasteiger partial charge in [-0.1, -0.05) is 91.0 Å². The summed E-state index contributed by atoms with van der Waals surface area (Å²) in [5.74, 6) is 0.705. The van der Waals surface area contributed by atoms with Crippen molar-refractivity contribution in [3.63, 3.8) is 0 Å². The molecule has 178 valence electrons. The number of Topliss-reactive ketones (excluding diaryl/α,β-unsaturated/α-hetero) is 1. The molecule has 0 aliphatic rings. The van der Waals surface area contributed by atoms with Crippen LogP contribution in [0.15, 0.2) is 102 Å². The van der Waals surface area contributed by atoms with Crippen molar-refractivity contribution in [3.8, 4) is 5.75 Å². The maximum atomic E-state index is 13.1. The Morgan fingerprint density at radius 3 is 2.39 bits per heavy atom. The predicted octanol–water partition coefficient (Wildman–Crippen LogP) is 6.33. The lowest BCUT2D eigenvalue weighted by molar-refractivity contribution is 0.0967. The van der Waals surface area contributed by atoms with E-state index in [1.165, 1.54) is 0 Å². The van der Waals surface area contributed by atoms with Gasteiger partial charge in [0.25, 0.3) is 0 Å². The summed E-state index contributed by atoms with van der Waals surface area (Å²) in [5, 5.41) is 21.6. The van der Waals surface area contributed by atoms with Gasteiger partial charge in [-0.2, -0.15) is 14.9 Å². The van der Waals surface area contributed by atoms with E-state index in [2.05, 4.69) is 10.2 Å². The fourth-order valence-electron chi connectivity index (χ4n) is 4.29. The van der Waals surface area contributed by atoms with E-state index in [9.17, 15) is 9.90 Å². The van der Waals surface area contributed by atoms with Gasteiger partial charge in [0.2, 0.25) is 4.77 Å². The number of benzene rings is 4. The van der Waals surface area contributed by atoms with Gasteiger partial charge < -0.3 is 5.11 Å². The second-order valence-corrected chi connectivity index (χ2v) is 8.84. The Balaban J connectivity index is 1.55. The summed E-state index contributed by atoms with van der Waals surface area (Å²) >= 11 is 5.78. The smallest absolute Gasteiger partial charge is 0.219 e. The number of phenols is 1. The van der Waals surface area contributed by atoms with E-state index in [0.29, 0.717) is 21.7 Å². The first kappa shape index (κ1) is 23.4. The standard InChI is InChI=1S/C29H24N4O2S/c1-20-31-33(26(22-11-4-2-5-12-22)18-28(35)23-13-6-3-7-14-23)29(36)32(20)30-19-25-24-15-9-8-10-21(24)16-17-27(25)34/h2-17,19,26,34H,18H2,1H3/b30-19+/t26-/m1/s1. The van der Waals surface area contributed by atoms with Crippen molar-refractivity contribution in [2.75, 3.05) is 0 Å². The number of phenolic OH excluding ortho intramolecular Hbond substituents is 1. The van der Waals surface area contributed by atoms with Gasteiger partial charge in [0.05, 0.1) is 12.3 Å². The molecule has 0 amide bonds. The molecule has 0 spiro atoms. The first-order valence-electron chi connectivity index (χ1n) is 11.6. The highest BCUT2D eigenvalue weighted by Gasteiger charge is 2.22. The van der Waals surface area contributed by atoms with Crippen molar-refractivity contribution >= 4 is 35.0 Å². The van der Waals surface area contributed by atoms with Crippen LogP contribution in [-0.2, 0) is 0 Å². The van der Waals surface area contributed by atoms with E-state index in [1.54, 1.807) is 21.6 Å². The lowest BCUT2D eigenvalue weighted by Gasteiger charge is -2.17. The number of nitrogens with zero attached hydrogens (tertiary/aromatic N) is 4. The number of aryl methyl sites for hydroxylation is 1. The van der Waals surface area contributed by atoms with Crippen LogP contribution in [0.5, 0.6) is 5.75 Å². The molecule has 5 rings (SSSR count). The van der Waals surface area contributed by atoms with Crippen molar-refractivity contribution < 1.29 is 9.90 Å².